The van der Waals surface area contributed by atoms with E-state index < -0.39 is 11.7 Å². The molecule has 4 nitrogen and oxygen atoms in total. The molecule has 1 heterocycles. The van der Waals surface area contributed by atoms with Gasteiger partial charge in [0.25, 0.3) is 0 Å². The Balaban J connectivity index is 1.95. The van der Waals surface area contributed by atoms with Gasteiger partial charge in [-0.2, -0.15) is 18.2 Å². The average Bonchev–Trinajstić information content (AvgIpc) is 2.67. The van der Waals surface area contributed by atoms with E-state index in [-0.39, 0.29) is 17.9 Å². The maximum Gasteiger partial charge on any atom is 0.423 e. The Kier molecular flexibility index (Phi) is 5.87. The Labute approximate surface area is 157 Å². The number of rotatable bonds is 5. The van der Waals surface area contributed by atoms with Gasteiger partial charge < -0.3 is 9.64 Å². The molecular weight excluding hydrogens is 355 g/mol. The average molecular weight is 379 g/mol. The van der Waals surface area contributed by atoms with Crippen molar-refractivity contribution in [3.05, 3.63) is 41.6 Å². The number of anilines is 2. The third kappa shape index (κ3) is 4.51. The molecule has 2 aromatic rings. The Hall–Kier alpha value is -2.31. The highest BCUT2D eigenvalue weighted by Gasteiger charge is 2.37. The number of hydrogen-bond acceptors (Lipinski definition) is 4. The van der Waals surface area contributed by atoms with Crippen molar-refractivity contribution in [2.45, 2.75) is 57.7 Å². The number of halogens is 3. The van der Waals surface area contributed by atoms with Gasteiger partial charge in [0.15, 0.2) is 0 Å². The number of hydrogen-bond donors (Lipinski definition) is 0. The Morgan fingerprint density at radius 1 is 1.15 bits per heavy atom. The van der Waals surface area contributed by atoms with E-state index in [4.69, 9.17) is 4.74 Å². The number of benzene rings is 1. The van der Waals surface area contributed by atoms with E-state index in [1.807, 2.05) is 31.2 Å². The predicted molar refractivity (Wildman–Crippen MR) is 98.4 cm³/mol. The van der Waals surface area contributed by atoms with Crippen LogP contribution in [0.1, 0.15) is 50.2 Å². The van der Waals surface area contributed by atoms with Crippen molar-refractivity contribution in [2.75, 3.05) is 11.9 Å². The lowest BCUT2D eigenvalue weighted by atomic mass is 9.98. The second-order valence-electron chi connectivity index (χ2n) is 6.81. The fourth-order valence-electron chi connectivity index (χ4n) is 3.39. The van der Waals surface area contributed by atoms with Crippen molar-refractivity contribution in [1.82, 2.24) is 9.97 Å². The highest BCUT2D eigenvalue weighted by molar-refractivity contribution is 5.61. The molecule has 0 spiro atoms. The second-order valence-corrected chi connectivity index (χ2v) is 6.81. The quantitative estimate of drug-likeness (QED) is 0.684. The lowest BCUT2D eigenvalue weighted by Gasteiger charge is -2.25. The first kappa shape index (κ1) is 19.5. The molecule has 1 aromatic carbocycles. The number of aryl methyl sites for hydroxylation is 1. The maximum absolute atomic E-state index is 13.4. The van der Waals surface area contributed by atoms with Crippen LogP contribution in [0, 0.1) is 0 Å². The largest absolute Gasteiger partial charge is 0.474 e. The molecule has 1 fully saturated rings. The molecule has 27 heavy (non-hydrogen) atoms. The number of nitrogens with zero attached hydrogens (tertiary/aromatic N) is 3. The molecule has 146 valence electrons. The van der Waals surface area contributed by atoms with Gasteiger partial charge in [0.1, 0.15) is 11.7 Å². The van der Waals surface area contributed by atoms with E-state index in [1.54, 1.807) is 11.9 Å². The lowest BCUT2D eigenvalue weighted by molar-refractivity contribution is -0.140. The molecule has 0 radical (unpaired) electrons. The summed E-state index contributed by atoms with van der Waals surface area (Å²) in [6.07, 6.45) is 1.38. The molecule has 1 aliphatic carbocycles. The van der Waals surface area contributed by atoms with Crippen LogP contribution in [-0.4, -0.2) is 23.1 Å². The van der Waals surface area contributed by atoms with E-state index >= 15 is 0 Å². The molecule has 1 aliphatic rings. The van der Waals surface area contributed by atoms with Gasteiger partial charge >= 0.3 is 6.18 Å². The predicted octanol–water partition coefficient (Wildman–Crippen LogP) is 5.54. The summed E-state index contributed by atoms with van der Waals surface area (Å²) in [4.78, 5) is 9.82. The Morgan fingerprint density at radius 2 is 1.85 bits per heavy atom. The first-order chi connectivity index (χ1) is 12.9. The van der Waals surface area contributed by atoms with Crippen LogP contribution >= 0.6 is 0 Å². The number of alkyl halides is 3. The summed E-state index contributed by atoms with van der Waals surface area (Å²) in [6, 6.07) is 7.70. The van der Waals surface area contributed by atoms with Crippen LogP contribution in [0.15, 0.2) is 30.5 Å². The summed E-state index contributed by atoms with van der Waals surface area (Å²) in [7, 11) is 1.75. The smallest absolute Gasteiger partial charge is 0.423 e. The van der Waals surface area contributed by atoms with E-state index in [0.717, 1.165) is 56.0 Å². The van der Waals surface area contributed by atoms with Crippen molar-refractivity contribution in [3.8, 4) is 5.88 Å². The minimum absolute atomic E-state index is 0.190. The van der Waals surface area contributed by atoms with Gasteiger partial charge in [-0.3, -0.25) is 0 Å². The van der Waals surface area contributed by atoms with Gasteiger partial charge in [0, 0.05) is 18.9 Å². The molecule has 0 bridgehead atoms. The lowest BCUT2D eigenvalue weighted by Crippen LogP contribution is -2.24. The minimum Gasteiger partial charge on any atom is -0.474 e. The van der Waals surface area contributed by atoms with Crippen LogP contribution in [0.4, 0.5) is 24.8 Å². The van der Waals surface area contributed by atoms with Crippen LogP contribution in [-0.2, 0) is 12.6 Å². The topological polar surface area (TPSA) is 38.2 Å². The molecule has 0 atom stereocenters. The number of ether oxygens (including phenoxy) is 1. The van der Waals surface area contributed by atoms with E-state index in [9.17, 15) is 13.2 Å². The van der Waals surface area contributed by atoms with Crippen molar-refractivity contribution in [3.63, 3.8) is 0 Å². The van der Waals surface area contributed by atoms with Gasteiger partial charge in [0.2, 0.25) is 11.8 Å². The first-order valence-corrected chi connectivity index (χ1v) is 9.32. The van der Waals surface area contributed by atoms with E-state index in [0.29, 0.717) is 0 Å². The summed E-state index contributed by atoms with van der Waals surface area (Å²) < 4.78 is 45.9. The summed E-state index contributed by atoms with van der Waals surface area (Å²) in [5, 5.41) is 0. The minimum atomic E-state index is -4.55. The third-order valence-electron chi connectivity index (χ3n) is 4.91. The van der Waals surface area contributed by atoms with Gasteiger partial charge in [-0.25, -0.2) is 4.98 Å². The van der Waals surface area contributed by atoms with Gasteiger partial charge in [0.05, 0.1) is 0 Å². The molecule has 7 heteroatoms. The fraction of sp³-hybridized carbons (Fsp3) is 0.500. The van der Waals surface area contributed by atoms with Gasteiger partial charge in [-0.15, -0.1) is 0 Å². The van der Waals surface area contributed by atoms with Crippen molar-refractivity contribution in [1.29, 1.82) is 0 Å². The Morgan fingerprint density at radius 3 is 2.52 bits per heavy atom. The normalized spacial score (nSPS) is 15.6. The molecule has 0 aliphatic heterocycles. The molecule has 1 saturated carbocycles. The SMILES string of the molecule is CCc1ccccc1N(C)c1ncc(C(F)(F)F)c(OC2CCCCC2)n1. The van der Waals surface area contributed by atoms with E-state index in [1.165, 1.54) is 0 Å². The van der Waals surface area contributed by atoms with Crippen molar-refractivity contribution >= 4 is 11.6 Å². The second kappa shape index (κ2) is 8.15. The van der Waals surface area contributed by atoms with Crippen LogP contribution in [0.2, 0.25) is 0 Å². The molecule has 0 amide bonds. The number of aromatic nitrogens is 2. The molecule has 0 saturated heterocycles. The zero-order valence-electron chi connectivity index (χ0n) is 15.6. The molecule has 0 unspecified atom stereocenters. The van der Waals surface area contributed by atoms with Crippen LogP contribution in [0.25, 0.3) is 0 Å². The van der Waals surface area contributed by atoms with Gasteiger partial charge in [-0.05, 0) is 43.7 Å². The first-order valence-electron chi connectivity index (χ1n) is 9.32. The summed E-state index contributed by atoms with van der Waals surface area (Å²) >= 11 is 0. The standard InChI is InChI=1S/C20H24F3N3O/c1-3-14-9-7-8-12-17(14)26(2)19-24-13-16(20(21,22)23)18(25-19)27-15-10-5-4-6-11-15/h7-9,12-13,15H,3-6,10-11H2,1-2H3. The van der Waals surface area contributed by atoms with Crippen LogP contribution in [0.3, 0.4) is 0 Å². The highest BCUT2D eigenvalue weighted by atomic mass is 19.4. The van der Waals surface area contributed by atoms with Crippen molar-refractivity contribution < 1.29 is 17.9 Å². The molecule has 3 rings (SSSR count). The molecule has 0 N–H and O–H groups in total. The van der Waals surface area contributed by atoms with Gasteiger partial charge in [-0.1, -0.05) is 31.5 Å². The maximum atomic E-state index is 13.4. The third-order valence-corrected chi connectivity index (χ3v) is 4.91. The zero-order chi connectivity index (χ0) is 19.4. The van der Waals surface area contributed by atoms with Crippen LogP contribution < -0.4 is 9.64 Å². The van der Waals surface area contributed by atoms with Crippen molar-refractivity contribution in [2.24, 2.45) is 0 Å². The monoisotopic (exact) mass is 379 g/mol. The fourth-order valence-corrected chi connectivity index (χ4v) is 3.39. The summed E-state index contributed by atoms with van der Waals surface area (Å²) in [5.41, 5.74) is 1.01. The van der Waals surface area contributed by atoms with E-state index in [2.05, 4.69) is 9.97 Å². The summed E-state index contributed by atoms with van der Waals surface area (Å²) in [5.74, 6) is -0.185. The number of para-hydroxylation sites is 1. The molecule has 1 aromatic heterocycles. The highest BCUT2D eigenvalue weighted by Crippen LogP contribution is 2.37. The summed E-state index contributed by atoms with van der Waals surface area (Å²) in [6.45, 7) is 2.03. The molecular formula is C20H24F3N3O. The Bertz CT molecular complexity index is 773. The zero-order valence-corrected chi connectivity index (χ0v) is 15.6. The van der Waals surface area contributed by atoms with Crippen LogP contribution in [0.5, 0.6) is 5.88 Å².